The number of carbonyl (C=O) groups is 1. The molecule has 1 heterocycles. The minimum atomic E-state index is -0.152. The largest absolute Gasteiger partial charge is 0.507 e. The first-order chi connectivity index (χ1) is 10.4. The van der Waals surface area contributed by atoms with Gasteiger partial charge in [0.2, 0.25) is 0 Å². The maximum absolute atomic E-state index is 12.5. The average molecular weight is 298 g/mol. The van der Waals surface area contributed by atoms with E-state index < -0.39 is 0 Å². The number of nitrogens with one attached hydrogen (secondary N) is 1. The van der Waals surface area contributed by atoms with Crippen molar-refractivity contribution >= 4 is 5.91 Å². The van der Waals surface area contributed by atoms with Crippen LogP contribution in [0, 0.1) is 20.8 Å². The Balaban J connectivity index is 2.23. The Kier molecular flexibility index (Phi) is 4.81. The number of hydrogen-bond donors (Lipinski definition) is 2. The van der Waals surface area contributed by atoms with E-state index in [9.17, 15) is 9.90 Å². The number of aromatic hydroxyl groups is 1. The molecule has 1 amide bonds. The normalized spacial score (nSPS) is 12.0. The summed E-state index contributed by atoms with van der Waals surface area (Å²) in [5, 5.41) is 12.8. The summed E-state index contributed by atoms with van der Waals surface area (Å²) >= 11 is 0. The van der Waals surface area contributed by atoms with E-state index in [1.165, 1.54) is 0 Å². The summed E-state index contributed by atoms with van der Waals surface area (Å²) in [7, 11) is 0. The highest BCUT2D eigenvalue weighted by Crippen LogP contribution is 2.23. The number of nitrogens with zero attached hydrogens (tertiary/aromatic N) is 1. The number of benzene rings is 1. The molecule has 0 bridgehead atoms. The molecule has 2 N–H and O–H groups in total. The van der Waals surface area contributed by atoms with Crippen LogP contribution in [-0.2, 0) is 0 Å². The molecule has 22 heavy (non-hydrogen) atoms. The highest BCUT2D eigenvalue weighted by atomic mass is 16.3. The van der Waals surface area contributed by atoms with Crippen LogP contribution in [-0.4, -0.2) is 16.0 Å². The van der Waals surface area contributed by atoms with Gasteiger partial charge in [-0.25, -0.2) is 0 Å². The SMILES string of the molecule is CCC(NC(=O)c1cc(C)c(O)c(C)c1)c1cc(C)ccn1. The molecule has 0 saturated heterocycles. The number of phenols is 1. The van der Waals surface area contributed by atoms with Crippen molar-refractivity contribution < 1.29 is 9.90 Å². The number of carbonyl (C=O) groups excluding carboxylic acids is 1. The Bertz CT molecular complexity index is 672. The van der Waals surface area contributed by atoms with E-state index in [2.05, 4.69) is 10.3 Å². The first-order valence-electron chi connectivity index (χ1n) is 7.46. The van der Waals surface area contributed by atoms with Gasteiger partial charge < -0.3 is 10.4 Å². The number of phenolic OH excluding ortho intramolecular Hbond substituents is 1. The van der Waals surface area contributed by atoms with Gasteiger partial charge in [0.05, 0.1) is 11.7 Å². The molecule has 4 nitrogen and oxygen atoms in total. The van der Waals surface area contributed by atoms with Gasteiger partial charge in [0, 0.05) is 11.8 Å². The molecule has 1 aromatic heterocycles. The second-order valence-electron chi connectivity index (χ2n) is 5.65. The van der Waals surface area contributed by atoms with Crippen molar-refractivity contribution in [3.8, 4) is 5.75 Å². The minimum absolute atomic E-state index is 0.123. The van der Waals surface area contributed by atoms with Crippen LogP contribution in [0.15, 0.2) is 30.5 Å². The second kappa shape index (κ2) is 6.60. The molecular formula is C18H22N2O2. The van der Waals surface area contributed by atoms with Gasteiger partial charge in [0.15, 0.2) is 0 Å². The summed E-state index contributed by atoms with van der Waals surface area (Å²) in [6, 6.07) is 7.20. The van der Waals surface area contributed by atoms with E-state index in [-0.39, 0.29) is 17.7 Å². The first kappa shape index (κ1) is 16.0. The topological polar surface area (TPSA) is 62.2 Å². The monoisotopic (exact) mass is 298 g/mol. The summed E-state index contributed by atoms with van der Waals surface area (Å²) in [5.41, 5.74) is 3.94. The number of pyridine rings is 1. The standard InChI is InChI=1S/C18H22N2O2/c1-5-15(16-8-11(2)6-7-19-16)20-18(22)14-9-12(3)17(21)13(4)10-14/h6-10,15,21H,5H2,1-4H3,(H,20,22). The molecule has 4 heteroatoms. The Morgan fingerprint density at radius 3 is 2.41 bits per heavy atom. The molecule has 2 aromatic rings. The van der Waals surface area contributed by atoms with Gasteiger partial charge in [0.25, 0.3) is 5.91 Å². The zero-order valence-electron chi connectivity index (χ0n) is 13.5. The smallest absolute Gasteiger partial charge is 0.251 e. The van der Waals surface area contributed by atoms with Crippen molar-refractivity contribution in [2.75, 3.05) is 0 Å². The second-order valence-corrected chi connectivity index (χ2v) is 5.65. The van der Waals surface area contributed by atoms with Gasteiger partial charge in [-0.3, -0.25) is 9.78 Å². The predicted octanol–water partition coefficient (Wildman–Crippen LogP) is 3.59. The molecule has 2 rings (SSSR count). The van der Waals surface area contributed by atoms with Crippen molar-refractivity contribution in [1.29, 1.82) is 0 Å². The summed E-state index contributed by atoms with van der Waals surface area (Å²) in [6.07, 6.45) is 2.52. The Hall–Kier alpha value is -2.36. The molecule has 0 fully saturated rings. The maximum atomic E-state index is 12.5. The molecule has 1 atom stereocenters. The van der Waals surface area contributed by atoms with Crippen LogP contribution >= 0.6 is 0 Å². The van der Waals surface area contributed by atoms with Gasteiger partial charge in [-0.1, -0.05) is 6.92 Å². The van der Waals surface area contributed by atoms with Crippen molar-refractivity contribution in [2.45, 2.75) is 40.2 Å². The third kappa shape index (κ3) is 3.45. The Labute approximate surface area is 131 Å². The van der Waals surface area contributed by atoms with E-state index in [0.29, 0.717) is 16.7 Å². The van der Waals surface area contributed by atoms with Crippen LogP contribution in [0.5, 0.6) is 5.75 Å². The first-order valence-corrected chi connectivity index (χ1v) is 7.46. The van der Waals surface area contributed by atoms with E-state index >= 15 is 0 Å². The van der Waals surface area contributed by atoms with Gasteiger partial charge in [-0.05, 0) is 68.1 Å². The summed E-state index contributed by atoms with van der Waals surface area (Å²) in [5.74, 6) is 0.0882. The van der Waals surface area contributed by atoms with Crippen LogP contribution in [0.2, 0.25) is 0 Å². The molecule has 1 unspecified atom stereocenters. The highest BCUT2D eigenvalue weighted by molar-refractivity contribution is 5.95. The fourth-order valence-electron chi connectivity index (χ4n) is 2.46. The van der Waals surface area contributed by atoms with Gasteiger partial charge >= 0.3 is 0 Å². The molecule has 0 aliphatic rings. The fraction of sp³-hybridized carbons (Fsp3) is 0.333. The number of amides is 1. The van der Waals surface area contributed by atoms with Crippen LogP contribution < -0.4 is 5.32 Å². The maximum Gasteiger partial charge on any atom is 0.251 e. The quantitative estimate of drug-likeness (QED) is 0.906. The lowest BCUT2D eigenvalue weighted by atomic mass is 10.0. The third-order valence-corrected chi connectivity index (χ3v) is 3.76. The molecule has 0 saturated carbocycles. The number of aryl methyl sites for hydroxylation is 3. The minimum Gasteiger partial charge on any atom is -0.507 e. The zero-order valence-corrected chi connectivity index (χ0v) is 13.5. The van der Waals surface area contributed by atoms with Crippen LogP contribution in [0.3, 0.4) is 0 Å². The average Bonchev–Trinajstić information content (AvgIpc) is 2.49. The molecule has 116 valence electrons. The lowest BCUT2D eigenvalue weighted by Crippen LogP contribution is -2.29. The summed E-state index contributed by atoms with van der Waals surface area (Å²) in [6.45, 7) is 7.60. The molecular weight excluding hydrogens is 276 g/mol. The number of aromatic nitrogens is 1. The summed E-state index contributed by atoms with van der Waals surface area (Å²) < 4.78 is 0. The summed E-state index contributed by atoms with van der Waals surface area (Å²) in [4.78, 5) is 16.8. The van der Waals surface area contributed by atoms with Gasteiger partial charge in [-0.15, -0.1) is 0 Å². The predicted molar refractivity (Wildman–Crippen MR) is 87.1 cm³/mol. The fourth-order valence-corrected chi connectivity index (χ4v) is 2.46. The zero-order chi connectivity index (χ0) is 16.3. The van der Waals surface area contributed by atoms with Crippen LogP contribution in [0.4, 0.5) is 0 Å². The van der Waals surface area contributed by atoms with Gasteiger partial charge in [0.1, 0.15) is 5.75 Å². The van der Waals surface area contributed by atoms with Crippen molar-refractivity contribution in [1.82, 2.24) is 10.3 Å². The van der Waals surface area contributed by atoms with E-state index in [4.69, 9.17) is 0 Å². The van der Waals surface area contributed by atoms with Crippen molar-refractivity contribution in [3.63, 3.8) is 0 Å². The molecule has 0 aliphatic carbocycles. The molecule has 0 spiro atoms. The lowest BCUT2D eigenvalue weighted by Gasteiger charge is -2.17. The highest BCUT2D eigenvalue weighted by Gasteiger charge is 2.16. The molecule has 0 aliphatic heterocycles. The van der Waals surface area contributed by atoms with Crippen molar-refractivity contribution in [3.05, 3.63) is 58.4 Å². The van der Waals surface area contributed by atoms with Gasteiger partial charge in [-0.2, -0.15) is 0 Å². The molecule has 0 radical (unpaired) electrons. The molecule has 1 aromatic carbocycles. The number of hydrogen-bond acceptors (Lipinski definition) is 3. The van der Waals surface area contributed by atoms with Crippen LogP contribution in [0.1, 0.15) is 52.1 Å². The van der Waals surface area contributed by atoms with E-state index in [0.717, 1.165) is 17.7 Å². The lowest BCUT2D eigenvalue weighted by molar-refractivity contribution is 0.0934. The van der Waals surface area contributed by atoms with Crippen molar-refractivity contribution in [2.24, 2.45) is 0 Å². The third-order valence-electron chi connectivity index (χ3n) is 3.76. The van der Waals surface area contributed by atoms with E-state index in [1.807, 2.05) is 26.0 Å². The Morgan fingerprint density at radius 1 is 1.23 bits per heavy atom. The van der Waals surface area contributed by atoms with Crippen LogP contribution in [0.25, 0.3) is 0 Å². The van der Waals surface area contributed by atoms with E-state index in [1.54, 1.807) is 32.2 Å². The Morgan fingerprint density at radius 2 is 1.86 bits per heavy atom. The number of rotatable bonds is 4.